The van der Waals surface area contributed by atoms with Gasteiger partial charge in [0.2, 0.25) is 11.8 Å². The van der Waals surface area contributed by atoms with Crippen molar-refractivity contribution >= 4 is 29.4 Å². The van der Waals surface area contributed by atoms with Crippen LogP contribution in [0.2, 0.25) is 0 Å². The molecule has 3 heterocycles. The summed E-state index contributed by atoms with van der Waals surface area (Å²) >= 11 is 0. The van der Waals surface area contributed by atoms with E-state index >= 15 is 0 Å². The Hall–Kier alpha value is -3.88. The number of ketones is 1. The van der Waals surface area contributed by atoms with Crippen molar-refractivity contribution in [2.75, 3.05) is 14.1 Å². The zero-order valence-electron chi connectivity index (χ0n) is 17.6. The van der Waals surface area contributed by atoms with Gasteiger partial charge in [-0.05, 0) is 13.0 Å². The average Bonchev–Trinajstić information content (AvgIpc) is 2.79. The molecule has 0 aliphatic carbocycles. The van der Waals surface area contributed by atoms with E-state index in [-0.39, 0.29) is 11.1 Å². The van der Waals surface area contributed by atoms with E-state index in [1.807, 2.05) is 30.6 Å². The van der Waals surface area contributed by atoms with Crippen molar-refractivity contribution in [2.24, 2.45) is 11.8 Å². The highest BCUT2D eigenvalue weighted by Crippen LogP contribution is 2.23. The number of aromatic nitrogens is 1. The molecule has 9 heteroatoms. The van der Waals surface area contributed by atoms with Crippen LogP contribution in [0.3, 0.4) is 0 Å². The van der Waals surface area contributed by atoms with Crippen molar-refractivity contribution < 1.29 is 34.1 Å². The summed E-state index contributed by atoms with van der Waals surface area (Å²) in [5, 5.41) is 12.1. The second-order valence-electron chi connectivity index (χ2n) is 7.01. The van der Waals surface area contributed by atoms with Crippen molar-refractivity contribution in [1.82, 2.24) is 9.80 Å². The minimum atomic E-state index is -0.975. The van der Waals surface area contributed by atoms with Crippen molar-refractivity contribution in [1.29, 1.82) is 0 Å². The van der Waals surface area contributed by atoms with Gasteiger partial charge in [0.25, 0.3) is 11.8 Å². The second-order valence-corrected chi connectivity index (χ2v) is 7.01. The number of carbonyl (C=O) groups is 5. The van der Waals surface area contributed by atoms with Crippen LogP contribution in [0.1, 0.15) is 13.8 Å². The lowest BCUT2D eigenvalue weighted by atomic mass is 9.92. The highest BCUT2D eigenvalue weighted by molar-refractivity contribution is 6.31. The van der Waals surface area contributed by atoms with Crippen molar-refractivity contribution in [3.05, 3.63) is 65.7 Å². The summed E-state index contributed by atoms with van der Waals surface area (Å²) in [6.07, 6.45) is 7.31. The summed E-state index contributed by atoms with van der Waals surface area (Å²) in [5.41, 5.74) is -0.417. The molecule has 1 aromatic rings. The van der Waals surface area contributed by atoms with E-state index in [2.05, 4.69) is 4.98 Å². The standard InChI is InChI=1S/C17H18N2O6.C5H5N/c1-8-12(20)10(16(24)18(3)14(8)22)6-5-7-11-13(21)9(2)15(23)19(4)17(11)25;1-2-4-6-5-3-1/h5-9,20H,1-4H3;1-5H/b6-5+,11-7-;. The fourth-order valence-corrected chi connectivity index (χ4v) is 2.93. The third-order valence-electron chi connectivity index (χ3n) is 4.92. The van der Waals surface area contributed by atoms with Crippen molar-refractivity contribution in [3.8, 4) is 0 Å². The molecular formula is C22H23N3O6. The van der Waals surface area contributed by atoms with Gasteiger partial charge in [0, 0.05) is 37.7 Å². The smallest absolute Gasteiger partial charge is 0.263 e. The number of nitrogens with zero attached hydrogens (tertiary/aromatic N) is 2. The lowest BCUT2D eigenvalue weighted by Crippen LogP contribution is -2.47. The van der Waals surface area contributed by atoms with Crippen LogP contribution in [0.4, 0.5) is 0 Å². The molecule has 1 N–H and O–H groups in total. The normalized spacial score (nSPS) is 23.6. The van der Waals surface area contributed by atoms with Gasteiger partial charge in [0.05, 0.1) is 11.5 Å². The van der Waals surface area contributed by atoms with Gasteiger partial charge in [-0.15, -0.1) is 5.76 Å². The Kier molecular flexibility index (Phi) is 7.36. The van der Waals surface area contributed by atoms with E-state index in [0.29, 0.717) is 0 Å². The van der Waals surface area contributed by atoms with Crippen LogP contribution in [0.15, 0.2) is 65.7 Å². The number of aromatic amines is 1. The number of likely N-dealkylation sites (N-methyl/N-ethyl adjacent to an activating group) is 2. The number of amides is 4. The third-order valence-corrected chi connectivity index (χ3v) is 4.92. The van der Waals surface area contributed by atoms with E-state index in [4.69, 9.17) is 0 Å². The van der Waals surface area contributed by atoms with Gasteiger partial charge in [-0.3, -0.25) is 33.8 Å². The molecule has 162 valence electrons. The number of rotatable bonds is 2. The number of imide groups is 2. The average molecular weight is 425 g/mol. The molecule has 0 saturated carbocycles. The van der Waals surface area contributed by atoms with Gasteiger partial charge in [-0.2, -0.15) is 0 Å². The van der Waals surface area contributed by atoms with E-state index in [9.17, 15) is 29.1 Å². The van der Waals surface area contributed by atoms with Gasteiger partial charge in [-0.1, -0.05) is 25.1 Å². The Morgan fingerprint density at radius 2 is 1.42 bits per heavy atom. The van der Waals surface area contributed by atoms with Gasteiger partial charge in [-0.25, -0.2) is 4.98 Å². The number of pyridine rings is 1. The summed E-state index contributed by atoms with van der Waals surface area (Å²) in [7, 11) is 2.55. The second kappa shape index (κ2) is 9.75. The van der Waals surface area contributed by atoms with Gasteiger partial charge >= 0.3 is 0 Å². The molecule has 3 rings (SSSR count). The van der Waals surface area contributed by atoms with E-state index in [0.717, 1.165) is 9.80 Å². The van der Waals surface area contributed by atoms with Crippen LogP contribution in [0, 0.1) is 11.8 Å². The van der Waals surface area contributed by atoms with Crippen LogP contribution in [0.5, 0.6) is 0 Å². The Morgan fingerprint density at radius 1 is 0.871 bits per heavy atom. The molecular weight excluding hydrogens is 402 g/mol. The van der Waals surface area contributed by atoms with E-state index in [1.54, 1.807) is 0 Å². The molecule has 0 bridgehead atoms. The predicted molar refractivity (Wildman–Crippen MR) is 106 cm³/mol. The first-order valence-corrected chi connectivity index (χ1v) is 9.48. The zero-order valence-corrected chi connectivity index (χ0v) is 17.6. The first kappa shape index (κ1) is 23.4. The maximum absolute atomic E-state index is 12.1. The molecule has 0 radical (unpaired) electrons. The maximum Gasteiger partial charge on any atom is 0.263 e. The lowest BCUT2D eigenvalue weighted by molar-refractivity contribution is -0.378. The number of H-pyrrole nitrogens is 1. The maximum atomic E-state index is 12.1. The molecule has 4 amide bonds. The number of piperidine rings is 1. The van der Waals surface area contributed by atoms with Crippen LogP contribution < -0.4 is 10.1 Å². The van der Waals surface area contributed by atoms with Crippen LogP contribution in [0.25, 0.3) is 0 Å². The highest BCUT2D eigenvalue weighted by atomic mass is 16.3. The molecule has 2 aliphatic heterocycles. The Balaban J connectivity index is 0.000000488. The van der Waals surface area contributed by atoms with Gasteiger partial charge in [0.1, 0.15) is 0 Å². The molecule has 1 fully saturated rings. The van der Waals surface area contributed by atoms with Crippen molar-refractivity contribution in [3.63, 3.8) is 0 Å². The van der Waals surface area contributed by atoms with Crippen LogP contribution in [-0.4, -0.2) is 53.3 Å². The Morgan fingerprint density at radius 3 is 1.94 bits per heavy atom. The largest absolute Gasteiger partial charge is 0.874 e. The summed E-state index contributed by atoms with van der Waals surface area (Å²) in [5.74, 6) is -5.86. The summed E-state index contributed by atoms with van der Waals surface area (Å²) < 4.78 is 0. The van der Waals surface area contributed by atoms with Crippen molar-refractivity contribution in [2.45, 2.75) is 13.8 Å². The fourth-order valence-electron chi connectivity index (χ4n) is 2.93. The van der Waals surface area contributed by atoms with Crippen LogP contribution >= 0.6 is 0 Å². The number of carbonyl (C=O) groups excluding carboxylic acids is 5. The summed E-state index contributed by atoms with van der Waals surface area (Å²) in [6.45, 7) is 2.80. The molecule has 1 saturated heterocycles. The minimum absolute atomic E-state index is 0.209. The Labute approximate surface area is 179 Å². The van der Waals surface area contributed by atoms with Gasteiger partial charge in [0.15, 0.2) is 18.2 Å². The number of hydrogen-bond donors (Lipinski definition) is 0. The molecule has 0 aromatic carbocycles. The number of nitrogens with one attached hydrogen (secondary N) is 1. The predicted octanol–water partition coefficient (Wildman–Crippen LogP) is -0.577. The molecule has 1 aromatic heterocycles. The summed E-state index contributed by atoms with van der Waals surface area (Å²) in [4.78, 5) is 64.2. The number of hydrogen-bond acceptors (Lipinski definition) is 6. The molecule has 2 aliphatic rings. The number of likely N-dealkylation sites (tertiary alicyclic amines) is 1. The summed E-state index contributed by atoms with van der Waals surface area (Å²) in [6, 6.07) is 5.86. The van der Waals surface area contributed by atoms with Gasteiger partial charge < -0.3 is 5.11 Å². The van der Waals surface area contributed by atoms with E-state index < -0.39 is 47.0 Å². The minimum Gasteiger partial charge on any atom is -0.874 e. The molecule has 9 nitrogen and oxygen atoms in total. The first-order chi connectivity index (χ1) is 14.6. The molecule has 31 heavy (non-hydrogen) atoms. The first-order valence-electron chi connectivity index (χ1n) is 9.48. The third kappa shape index (κ3) is 4.82. The monoisotopic (exact) mass is 425 g/mol. The zero-order chi connectivity index (χ0) is 23.3. The molecule has 0 spiro atoms. The SMILES string of the molecule is CC1C(=O)/C(=C/C=C/C2=C([O-])C(C)C(=O)N(C)C2=O)C(=O)N(C)C1=O.c1cc[nH+]cc1. The number of allylic oxidation sites excluding steroid dienone is 2. The quantitative estimate of drug-likeness (QED) is 0.270. The van der Waals surface area contributed by atoms with Crippen LogP contribution in [-0.2, 0) is 24.0 Å². The molecule has 2 unspecified atom stereocenters. The topological polar surface area (TPSA) is 129 Å². The molecule has 2 atom stereocenters. The van der Waals surface area contributed by atoms with E-state index in [1.165, 1.54) is 46.2 Å². The highest BCUT2D eigenvalue weighted by Gasteiger charge is 2.39. The Bertz CT molecular complexity index is 957. The number of Topliss-reactive ketones (excluding diaryl/α,β-unsaturated/α-hetero) is 1. The fraction of sp³-hybridized carbons (Fsp3) is 0.273. The lowest BCUT2D eigenvalue weighted by Gasteiger charge is -2.32.